The predicted octanol–water partition coefficient (Wildman–Crippen LogP) is -5.23. The van der Waals surface area contributed by atoms with Crippen LogP contribution in [0.2, 0.25) is 0 Å². The molecule has 12 unspecified atom stereocenters. The van der Waals surface area contributed by atoms with Gasteiger partial charge in [0.05, 0.1) is 26.4 Å². The van der Waals surface area contributed by atoms with Crippen molar-refractivity contribution in [3.8, 4) is 0 Å². The number of hydrogen-bond acceptors (Lipinski definition) is 24. The number of carbonyl (C=O) groups is 2. The van der Waals surface area contributed by atoms with Crippen LogP contribution in [0.25, 0.3) is 0 Å². The van der Waals surface area contributed by atoms with Crippen molar-refractivity contribution >= 4 is 11.9 Å². The zero-order valence-electron chi connectivity index (χ0n) is 37.5. The summed E-state index contributed by atoms with van der Waals surface area (Å²) < 4.78 is 42.7. The zero-order valence-corrected chi connectivity index (χ0v) is 37.5. The number of esters is 2. The summed E-state index contributed by atoms with van der Waals surface area (Å²) in [4.78, 5) is 25.6. The molecule has 0 bridgehead atoms. The third-order valence-corrected chi connectivity index (χ3v) is 11.2. The molecule has 0 amide bonds. The van der Waals surface area contributed by atoms with Crippen molar-refractivity contribution in [2.24, 2.45) is 0 Å². The van der Waals surface area contributed by atoms with E-state index in [1.807, 2.05) is 0 Å². The van der Waals surface area contributed by atoms with Gasteiger partial charge in [0.2, 0.25) is 12.6 Å². The maximum absolute atomic E-state index is 12.8. The van der Waals surface area contributed by atoms with Gasteiger partial charge in [-0.1, -0.05) is 71.9 Å². The average Bonchev–Trinajstić information content (AvgIpc) is 3.31. The van der Waals surface area contributed by atoms with Crippen LogP contribution >= 0.6 is 0 Å². The van der Waals surface area contributed by atoms with Gasteiger partial charge in [0.15, 0.2) is 12.6 Å². The lowest BCUT2D eigenvalue weighted by Gasteiger charge is -2.42. The molecule has 20 atom stereocenters. The van der Waals surface area contributed by atoms with Gasteiger partial charge in [-0.25, -0.2) is 9.59 Å². The average molecular weight is 977 g/mol. The molecule has 384 valence electrons. The number of aliphatic hydroxyl groups excluding tert-OH is 14. The molecule has 0 aromatic heterocycles. The van der Waals surface area contributed by atoms with Crippen molar-refractivity contribution in [3.63, 3.8) is 0 Å². The summed E-state index contributed by atoms with van der Waals surface area (Å²) in [6.07, 6.45) is -16.8. The van der Waals surface area contributed by atoms with Crippen LogP contribution in [0, 0.1) is 0 Å². The molecular formula is C44H64O24. The Kier molecular flexibility index (Phi) is 22.2. The first-order valence-corrected chi connectivity index (χ1v) is 21.5. The molecule has 0 spiro atoms. The first kappa shape index (κ1) is 56.9. The highest BCUT2D eigenvalue weighted by molar-refractivity contribution is 5.88. The molecule has 68 heavy (non-hydrogen) atoms. The molecule has 24 nitrogen and oxygen atoms in total. The minimum absolute atomic E-state index is 0.0726. The summed E-state index contributed by atoms with van der Waals surface area (Å²) in [5.41, 5.74) is 1.68. The highest BCUT2D eigenvalue weighted by Crippen LogP contribution is 2.28. The molecule has 4 aliphatic heterocycles. The van der Waals surface area contributed by atoms with E-state index in [2.05, 4.69) is 0 Å². The van der Waals surface area contributed by atoms with Crippen molar-refractivity contribution in [1.29, 1.82) is 0 Å². The normalized spacial score (nSPS) is 40.3. The van der Waals surface area contributed by atoms with Crippen LogP contribution in [0.5, 0.6) is 0 Å². The van der Waals surface area contributed by atoms with Gasteiger partial charge in [0, 0.05) is 11.1 Å². The van der Waals surface area contributed by atoms with E-state index in [4.69, 9.17) is 37.9 Å². The second kappa shape index (κ2) is 26.5. The van der Waals surface area contributed by atoms with E-state index in [9.17, 15) is 81.1 Å². The Labute approximate surface area is 390 Å². The Balaban J connectivity index is 1.23. The molecule has 4 saturated heterocycles. The van der Waals surface area contributed by atoms with Gasteiger partial charge in [-0.15, -0.1) is 0 Å². The second-order valence-electron chi connectivity index (χ2n) is 16.5. The predicted molar refractivity (Wildman–Crippen MR) is 227 cm³/mol. The molecular weight excluding hydrogens is 912 g/mol. The fourth-order valence-electron chi connectivity index (χ4n) is 6.84. The quantitative estimate of drug-likeness (QED) is 0.0347. The lowest BCUT2D eigenvalue weighted by Crippen LogP contribution is -2.61. The minimum atomic E-state index is -1.86. The van der Waals surface area contributed by atoms with Gasteiger partial charge >= 0.3 is 11.9 Å². The van der Waals surface area contributed by atoms with Crippen molar-refractivity contribution in [2.45, 2.75) is 151 Å². The monoisotopic (exact) mass is 976 g/mol. The Hall–Kier alpha value is -3.68. The fourth-order valence-corrected chi connectivity index (χ4v) is 6.84. The van der Waals surface area contributed by atoms with Gasteiger partial charge in [-0.3, -0.25) is 0 Å². The number of aliphatic hydroxyl groups is 14. The van der Waals surface area contributed by atoms with Gasteiger partial charge in [-0.2, -0.15) is 0 Å². The summed E-state index contributed by atoms with van der Waals surface area (Å²) in [5.74, 6) is -1.86. The van der Waals surface area contributed by atoms with E-state index in [1.54, 1.807) is 62.5 Å². The maximum Gasteiger partial charge on any atom is 0.336 e. The molecule has 4 heterocycles. The van der Waals surface area contributed by atoms with Crippen LogP contribution in [-0.2, 0) is 47.5 Å². The van der Waals surface area contributed by atoms with Crippen LogP contribution in [0.1, 0.15) is 27.7 Å². The van der Waals surface area contributed by atoms with E-state index in [-0.39, 0.29) is 11.1 Å². The molecule has 4 rings (SSSR count). The summed E-state index contributed by atoms with van der Waals surface area (Å²) in [6.45, 7) is 3.80. The number of allylic oxidation sites excluding steroid dienone is 12. The molecule has 4 aliphatic rings. The lowest BCUT2D eigenvalue weighted by molar-refractivity contribution is -0.326. The fraction of sp³-hybridized carbons (Fsp3) is 0.636. The highest BCUT2D eigenvalue weighted by Gasteiger charge is 2.50. The Morgan fingerprint density at radius 3 is 1.01 bits per heavy atom. The van der Waals surface area contributed by atoms with Gasteiger partial charge < -0.3 is 109 Å². The Morgan fingerprint density at radius 2 is 0.691 bits per heavy atom. The largest absolute Gasteiger partial charge is 0.429 e. The number of hydrogen-bond donors (Lipinski definition) is 14. The second-order valence-corrected chi connectivity index (χ2v) is 16.5. The number of rotatable bonds is 18. The van der Waals surface area contributed by atoms with Crippen LogP contribution in [0.15, 0.2) is 83.1 Å². The third kappa shape index (κ3) is 14.9. The van der Waals surface area contributed by atoms with Gasteiger partial charge in [0.1, 0.15) is 97.7 Å². The molecule has 0 radical (unpaired) electrons. The first-order chi connectivity index (χ1) is 32.1. The van der Waals surface area contributed by atoms with Crippen molar-refractivity contribution in [1.82, 2.24) is 0 Å². The van der Waals surface area contributed by atoms with Crippen LogP contribution < -0.4 is 0 Å². The van der Waals surface area contributed by atoms with Gasteiger partial charge in [-0.05, 0) is 27.7 Å². The minimum Gasteiger partial charge on any atom is -0.429 e. The van der Waals surface area contributed by atoms with E-state index in [0.717, 1.165) is 11.1 Å². The number of carbonyl (C=O) groups excluding carboxylic acids is 2. The lowest BCUT2D eigenvalue weighted by atomic mass is 9.98. The molecule has 0 aromatic rings. The van der Waals surface area contributed by atoms with E-state index < -0.39 is 161 Å². The third-order valence-electron chi connectivity index (χ3n) is 11.2. The van der Waals surface area contributed by atoms with Crippen LogP contribution in [-0.4, -0.2) is 233 Å². The summed E-state index contributed by atoms with van der Waals surface area (Å²) in [5, 5.41) is 142. The molecule has 0 aliphatic carbocycles. The maximum atomic E-state index is 12.8. The molecule has 24 heteroatoms. The van der Waals surface area contributed by atoms with Crippen molar-refractivity contribution in [2.75, 3.05) is 26.4 Å². The highest BCUT2D eigenvalue weighted by atomic mass is 16.8. The summed E-state index contributed by atoms with van der Waals surface area (Å²) in [6, 6.07) is 0. The zero-order chi connectivity index (χ0) is 50.6. The van der Waals surface area contributed by atoms with Crippen molar-refractivity contribution < 1.29 is 119 Å². The summed E-state index contributed by atoms with van der Waals surface area (Å²) >= 11 is 0. The Bertz CT molecular complexity index is 1730. The van der Waals surface area contributed by atoms with E-state index in [1.165, 1.54) is 26.0 Å². The summed E-state index contributed by atoms with van der Waals surface area (Å²) in [7, 11) is 0. The number of ether oxygens (including phenoxy) is 8. The van der Waals surface area contributed by atoms with Crippen LogP contribution in [0.4, 0.5) is 0 Å². The van der Waals surface area contributed by atoms with Crippen molar-refractivity contribution in [3.05, 3.63) is 83.1 Å². The standard InChI is InChI=1S/C44H64O24/c1-19(11-7-13-21(3)39(59)67-43-37(57)33(53)29(49)25(65-43)17-61-41-35(55)31(51)27(47)23(15-45)63-41)9-5-6-10-20(2)12-8-14-22(4)40(60)68-44-38(58)34(54)30(50)26(66-44)18-62-42-36(56)32(52)28(48)24(16-46)64-42/h5-14,23-38,41-58H,15-18H2,1-4H3/b6-5+,11-7+,12-8+,19-9-,20-10+,21-13+,22-14+/t23?,24?,25?,26?,27-,28-,29-,30-,31?,32?,33?,34?,35?,36?,37?,38?,41-,42-,43+,44+/m1/s1. The smallest absolute Gasteiger partial charge is 0.336 e. The molecule has 4 fully saturated rings. The molecule has 0 aromatic carbocycles. The van der Waals surface area contributed by atoms with Gasteiger partial charge in [0.25, 0.3) is 0 Å². The molecule has 0 saturated carbocycles. The first-order valence-electron chi connectivity index (χ1n) is 21.5. The Morgan fingerprint density at radius 1 is 0.397 bits per heavy atom. The van der Waals surface area contributed by atoms with Crippen LogP contribution in [0.3, 0.4) is 0 Å². The molecule has 14 N–H and O–H groups in total. The topological polar surface area (TPSA) is 391 Å². The van der Waals surface area contributed by atoms with E-state index in [0.29, 0.717) is 0 Å². The SMILES string of the molecule is CC(=C/C=C/C=C(C)/C=C/C=C(\C)C(=O)O[C@@H]1OC(CO[C@@H]2OC(CO)[C@@H](O)C(O)C2O)[C@@H](O)C(O)C1O)/C=C/C=C(\C)C(=O)O[C@@H]1OC(CO[C@@H]2OC(CO)[C@@H](O)C(O)C2O)[C@@H](O)C(O)C1O. The van der Waals surface area contributed by atoms with E-state index >= 15 is 0 Å².